The SMILES string of the molecule is NC(N)=NCCC[C@H](NC(=O)N[C@@H](CC(=O)O)C(=O)C[C@@H](Cc1ccc(O)cc1)C(=O)O)c1nc([C@@H](N)CC(=O)O)no1. The number of rotatable bonds is 18. The van der Waals surface area contributed by atoms with Gasteiger partial charge in [0.15, 0.2) is 17.6 Å². The maximum Gasteiger partial charge on any atom is 0.316 e. The van der Waals surface area contributed by atoms with Crippen molar-refractivity contribution < 1.29 is 48.9 Å². The number of phenolic OH excluding ortho intramolecular Hbond substituents is 1. The predicted octanol–water partition coefficient (Wildman–Crippen LogP) is -0.610. The fraction of sp³-hybridized carbons (Fsp3) is 0.440. The number of hydrogen-bond donors (Lipinski definition) is 9. The Morgan fingerprint density at radius 3 is 2.19 bits per heavy atom. The third-order valence-corrected chi connectivity index (χ3v) is 6.02. The molecule has 0 aliphatic heterocycles. The van der Waals surface area contributed by atoms with E-state index in [1.807, 2.05) is 0 Å². The van der Waals surface area contributed by atoms with E-state index in [0.29, 0.717) is 5.56 Å². The van der Waals surface area contributed by atoms with Gasteiger partial charge in [-0.3, -0.25) is 24.2 Å². The first-order chi connectivity index (χ1) is 20.2. The highest BCUT2D eigenvalue weighted by Crippen LogP contribution is 2.21. The number of aliphatic imine (C=N–C) groups is 1. The Labute approximate surface area is 244 Å². The van der Waals surface area contributed by atoms with Crippen LogP contribution in [-0.4, -0.2) is 78.8 Å². The largest absolute Gasteiger partial charge is 0.508 e. The van der Waals surface area contributed by atoms with Crippen molar-refractivity contribution in [1.82, 2.24) is 20.8 Å². The fourth-order valence-corrected chi connectivity index (χ4v) is 3.91. The summed E-state index contributed by atoms with van der Waals surface area (Å²) in [6.45, 7) is 0.152. The van der Waals surface area contributed by atoms with Gasteiger partial charge >= 0.3 is 23.9 Å². The second-order valence-electron chi connectivity index (χ2n) is 9.54. The van der Waals surface area contributed by atoms with E-state index in [1.165, 1.54) is 24.3 Å². The molecular formula is C25H34N8O10. The van der Waals surface area contributed by atoms with E-state index in [2.05, 4.69) is 25.8 Å². The van der Waals surface area contributed by atoms with Gasteiger partial charge in [-0.15, -0.1) is 0 Å². The molecule has 0 bridgehead atoms. The third-order valence-electron chi connectivity index (χ3n) is 6.02. The molecule has 2 rings (SSSR count). The molecule has 0 aliphatic rings. The van der Waals surface area contributed by atoms with Gasteiger partial charge in [0.05, 0.1) is 30.8 Å². The molecule has 43 heavy (non-hydrogen) atoms. The zero-order chi connectivity index (χ0) is 32.1. The minimum Gasteiger partial charge on any atom is -0.508 e. The van der Waals surface area contributed by atoms with E-state index in [4.69, 9.17) is 26.8 Å². The molecule has 0 fully saturated rings. The third kappa shape index (κ3) is 12.0. The highest BCUT2D eigenvalue weighted by Gasteiger charge is 2.31. The minimum absolute atomic E-state index is 0.0298. The number of carboxylic acids is 3. The van der Waals surface area contributed by atoms with Crippen LogP contribution in [-0.2, 0) is 25.6 Å². The van der Waals surface area contributed by atoms with E-state index in [9.17, 15) is 39.3 Å². The van der Waals surface area contributed by atoms with Gasteiger partial charge in [-0.1, -0.05) is 17.3 Å². The Morgan fingerprint density at radius 1 is 0.953 bits per heavy atom. The summed E-state index contributed by atoms with van der Waals surface area (Å²) in [5.74, 6) is -6.51. The lowest BCUT2D eigenvalue weighted by atomic mass is 9.91. The summed E-state index contributed by atoms with van der Waals surface area (Å²) in [7, 11) is 0. The number of nitrogens with two attached hydrogens (primary N) is 3. The van der Waals surface area contributed by atoms with Crippen molar-refractivity contribution in [2.45, 2.75) is 56.7 Å². The van der Waals surface area contributed by atoms with Gasteiger partial charge in [-0.2, -0.15) is 4.98 Å². The van der Waals surface area contributed by atoms with Crippen LogP contribution in [0.3, 0.4) is 0 Å². The number of hydrogen-bond acceptors (Lipinski definition) is 11. The van der Waals surface area contributed by atoms with Crippen LogP contribution in [0.2, 0.25) is 0 Å². The molecule has 18 heteroatoms. The molecule has 234 valence electrons. The van der Waals surface area contributed by atoms with Crippen molar-refractivity contribution in [3.8, 4) is 5.75 Å². The van der Waals surface area contributed by atoms with Gasteiger partial charge < -0.3 is 52.8 Å². The molecule has 2 amide bonds. The van der Waals surface area contributed by atoms with Crippen LogP contribution < -0.4 is 27.8 Å². The molecule has 1 heterocycles. The number of phenols is 1. The Morgan fingerprint density at radius 2 is 1.60 bits per heavy atom. The highest BCUT2D eigenvalue weighted by atomic mass is 16.5. The number of aromatic hydroxyl groups is 1. The monoisotopic (exact) mass is 606 g/mol. The number of nitrogens with zero attached hydrogens (tertiary/aromatic N) is 3. The van der Waals surface area contributed by atoms with E-state index in [-0.39, 0.29) is 49.2 Å². The number of carbonyl (C=O) groups excluding carboxylic acids is 2. The van der Waals surface area contributed by atoms with Crippen LogP contribution >= 0.6 is 0 Å². The van der Waals surface area contributed by atoms with Crippen molar-refractivity contribution in [1.29, 1.82) is 0 Å². The van der Waals surface area contributed by atoms with Crippen molar-refractivity contribution in [3.63, 3.8) is 0 Å². The summed E-state index contributed by atoms with van der Waals surface area (Å²) in [6.07, 6.45) is -1.60. The molecule has 0 unspecified atom stereocenters. The highest BCUT2D eigenvalue weighted by molar-refractivity contribution is 5.93. The number of amides is 2. The lowest BCUT2D eigenvalue weighted by Gasteiger charge is -2.21. The minimum atomic E-state index is -1.59. The summed E-state index contributed by atoms with van der Waals surface area (Å²) in [5, 5.41) is 45.8. The topological polar surface area (TPSA) is 320 Å². The molecule has 12 N–H and O–H groups in total. The summed E-state index contributed by atoms with van der Waals surface area (Å²) >= 11 is 0. The van der Waals surface area contributed by atoms with Crippen molar-refractivity contribution in [2.24, 2.45) is 28.1 Å². The van der Waals surface area contributed by atoms with E-state index < -0.39 is 73.0 Å². The molecule has 0 saturated heterocycles. The second kappa shape index (κ2) is 16.2. The van der Waals surface area contributed by atoms with Crippen LogP contribution in [0.25, 0.3) is 0 Å². The van der Waals surface area contributed by atoms with Crippen LogP contribution in [0.4, 0.5) is 4.79 Å². The van der Waals surface area contributed by atoms with Gasteiger partial charge in [0.1, 0.15) is 11.8 Å². The molecule has 0 aliphatic carbocycles. The number of aliphatic carboxylic acids is 3. The fourth-order valence-electron chi connectivity index (χ4n) is 3.91. The molecule has 4 atom stereocenters. The first-order valence-electron chi connectivity index (χ1n) is 12.9. The number of urea groups is 1. The Kier molecular flexibility index (Phi) is 12.8. The number of carboxylic acid groups (broad SMARTS) is 3. The normalized spacial score (nSPS) is 13.6. The van der Waals surface area contributed by atoms with Gasteiger partial charge in [0.2, 0.25) is 5.89 Å². The number of benzene rings is 1. The predicted molar refractivity (Wildman–Crippen MR) is 146 cm³/mol. The molecular weight excluding hydrogens is 572 g/mol. The summed E-state index contributed by atoms with van der Waals surface area (Å²) in [4.78, 5) is 68.1. The summed E-state index contributed by atoms with van der Waals surface area (Å²) < 4.78 is 5.16. The van der Waals surface area contributed by atoms with Crippen LogP contribution in [0.1, 0.15) is 61.5 Å². The van der Waals surface area contributed by atoms with Gasteiger partial charge in [-0.05, 0) is 37.0 Å². The molecule has 0 spiro atoms. The Bertz CT molecular complexity index is 1310. The summed E-state index contributed by atoms with van der Waals surface area (Å²) in [6, 6.07) is 0.962. The molecule has 2 aromatic rings. The number of ketones is 1. The summed E-state index contributed by atoms with van der Waals surface area (Å²) in [5.41, 5.74) is 16.9. The van der Waals surface area contributed by atoms with Gasteiger partial charge in [0.25, 0.3) is 0 Å². The maximum absolute atomic E-state index is 13.0. The average molecular weight is 607 g/mol. The van der Waals surface area contributed by atoms with Crippen molar-refractivity contribution >= 4 is 35.7 Å². The molecule has 1 aromatic carbocycles. The van der Waals surface area contributed by atoms with Crippen LogP contribution in [0.15, 0.2) is 33.8 Å². The first-order valence-corrected chi connectivity index (χ1v) is 12.9. The van der Waals surface area contributed by atoms with E-state index >= 15 is 0 Å². The van der Waals surface area contributed by atoms with Crippen LogP contribution in [0.5, 0.6) is 5.75 Å². The van der Waals surface area contributed by atoms with Crippen molar-refractivity contribution in [2.75, 3.05) is 6.54 Å². The van der Waals surface area contributed by atoms with Gasteiger partial charge in [0, 0.05) is 13.0 Å². The van der Waals surface area contributed by atoms with Gasteiger partial charge in [-0.25, -0.2) is 4.79 Å². The number of Topliss-reactive ketones (excluding diaryl/α,β-unsaturated/α-hetero) is 1. The average Bonchev–Trinajstić information content (AvgIpc) is 3.40. The number of guanidine groups is 1. The van der Waals surface area contributed by atoms with Crippen LogP contribution in [0, 0.1) is 5.92 Å². The zero-order valence-corrected chi connectivity index (χ0v) is 22.9. The van der Waals surface area contributed by atoms with Crippen molar-refractivity contribution in [3.05, 3.63) is 41.5 Å². The molecule has 18 nitrogen and oxygen atoms in total. The first kappa shape index (κ1) is 33.9. The van der Waals surface area contributed by atoms with E-state index in [1.54, 1.807) is 0 Å². The Balaban J connectivity index is 2.18. The smallest absolute Gasteiger partial charge is 0.316 e. The van der Waals surface area contributed by atoms with E-state index in [0.717, 1.165) is 0 Å². The number of nitrogens with one attached hydrogen (secondary N) is 2. The lowest BCUT2D eigenvalue weighted by molar-refractivity contribution is -0.144. The zero-order valence-electron chi connectivity index (χ0n) is 22.9. The second-order valence-corrected chi connectivity index (χ2v) is 9.54. The molecule has 1 aromatic heterocycles. The Hall–Kier alpha value is -5.26. The standard InChI is InChI=1S/C25H34N8O10/c26-15(10-19(36)37)21-32-22(43-33-21)16(2-1-7-29-24(27)28)30-25(42)31-17(11-20(38)39)18(35)9-13(23(40)41)8-12-3-5-14(34)6-4-12/h3-6,13,15-17,34H,1-2,7-11,26H2,(H,36,37)(H,38,39)(H,40,41)(H4,27,28,29)(H2,30,31,42)/t13-,15+,16+,17+/m1/s1. The number of aromatic nitrogens is 2. The molecule has 0 radical (unpaired) electrons. The lowest BCUT2D eigenvalue weighted by Crippen LogP contribution is -2.48. The molecule has 0 saturated carbocycles. The number of carbonyl (C=O) groups is 5. The maximum atomic E-state index is 13.0. The quantitative estimate of drug-likeness (QED) is 0.0580.